The Balaban J connectivity index is 1.84. The van der Waals surface area contributed by atoms with Gasteiger partial charge in [-0.25, -0.2) is 0 Å². The lowest BCUT2D eigenvalue weighted by atomic mass is 9.91. The van der Waals surface area contributed by atoms with Crippen molar-refractivity contribution in [3.05, 3.63) is 59.2 Å². The molecule has 0 radical (unpaired) electrons. The van der Waals surface area contributed by atoms with Crippen molar-refractivity contribution in [3.8, 4) is 11.1 Å². The minimum absolute atomic E-state index is 0.315. The highest BCUT2D eigenvalue weighted by molar-refractivity contribution is 6.02. The monoisotopic (exact) mass is 492 g/mol. The van der Waals surface area contributed by atoms with Crippen LogP contribution in [0.25, 0.3) is 11.1 Å². The van der Waals surface area contributed by atoms with E-state index in [0.717, 1.165) is 68.1 Å². The van der Waals surface area contributed by atoms with Gasteiger partial charge in [0.25, 0.3) is 0 Å². The van der Waals surface area contributed by atoms with Gasteiger partial charge in [0.15, 0.2) is 5.92 Å². The van der Waals surface area contributed by atoms with E-state index in [9.17, 15) is 9.59 Å². The SMILES string of the molecule is CCCCC(CC)COC(=O)C(C(=O)OCC(CC)CCCC)c1cccc2c1Cc1ccccc1-2. The van der Waals surface area contributed by atoms with Gasteiger partial charge < -0.3 is 9.47 Å². The number of esters is 2. The van der Waals surface area contributed by atoms with Crippen LogP contribution >= 0.6 is 0 Å². The maximum Gasteiger partial charge on any atom is 0.324 e. The second-order valence-electron chi connectivity index (χ2n) is 10.2. The molecule has 0 saturated carbocycles. The first-order chi connectivity index (χ1) is 17.5. The smallest absolute Gasteiger partial charge is 0.324 e. The van der Waals surface area contributed by atoms with Crippen molar-refractivity contribution >= 4 is 11.9 Å². The summed E-state index contributed by atoms with van der Waals surface area (Å²) in [6.45, 7) is 9.29. The molecule has 2 aromatic rings. The van der Waals surface area contributed by atoms with Crippen molar-refractivity contribution in [2.75, 3.05) is 13.2 Å². The number of ether oxygens (including phenoxy) is 2. The molecule has 1 aliphatic carbocycles. The third-order valence-electron chi connectivity index (χ3n) is 7.68. The summed E-state index contributed by atoms with van der Waals surface area (Å²) >= 11 is 0. The lowest BCUT2D eigenvalue weighted by Crippen LogP contribution is -2.29. The van der Waals surface area contributed by atoms with Gasteiger partial charge in [-0.05, 0) is 58.9 Å². The summed E-state index contributed by atoms with van der Waals surface area (Å²) in [6.07, 6.45) is 9.13. The lowest BCUT2D eigenvalue weighted by molar-refractivity contribution is -0.159. The zero-order valence-electron chi connectivity index (χ0n) is 22.7. The number of rotatable bonds is 15. The Labute approximate surface area is 217 Å². The summed E-state index contributed by atoms with van der Waals surface area (Å²) in [4.78, 5) is 27.0. The maximum absolute atomic E-state index is 13.5. The molecule has 36 heavy (non-hydrogen) atoms. The molecule has 4 nitrogen and oxygen atoms in total. The van der Waals surface area contributed by atoms with Gasteiger partial charge in [0.2, 0.25) is 0 Å². The first-order valence-electron chi connectivity index (χ1n) is 14.1. The van der Waals surface area contributed by atoms with Crippen LogP contribution in [-0.2, 0) is 25.5 Å². The summed E-state index contributed by atoms with van der Waals surface area (Å²) < 4.78 is 11.6. The van der Waals surface area contributed by atoms with Crippen molar-refractivity contribution in [3.63, 3.8) is 0 Å². The number of hydrogen-bond acceptors (Lipinski definition) is 4. The van der Waals surface area contributed by atoms with E-state index < -0.39 is 17.9 Å². The Kier molecular flexibility index (Phi) is 11.0. The van der Waals surface area contributed by atoms with Crippen LogP contribution in [0, 0.1) is 11.8 Å². The van der Waals surface area contributed by atoms with E-state index in [2.05, 4.69) is 45.9 Å². The van der Waals surface area contributed by atoms with Crippen LogP contribution in [0.4, 0.5) is 0 Å². The van der Waals surface area contributed by atoms with Gasteiger partial charge in [-0.3, -0.25) is 9.59 Å². The Bertz CT molecular complexity index is 963. The summed E-state index contributed by atoms with van der Waals surface area (Å²) in [5, 5.41) is 0. The van der Waals surface area contributed by atoms with Crippen molar-refractivity contribution in [2.24, 2.45) is 11.8 Å². The highest BCUT2D eigenvalue weighted by atomic mass is 16.6. The average Bonchev–Trinajstić information content (AvgIpc) is 3.28. The zero-order valence-corrected chi connectivity index (χ0v) is 22.7. The van der Waals surface area contributed by atoms with E-state index in [1.54, 1.807) is 0 Å². The van der Waals surface area contributed by atoms with Crippen LogP contribution in [0.2, 0.25) is 0 Å². The highest BCUT2D eigenvalue weighted by Gasteiger charge is 2.36. The van der Waals surface area contributed by atoms with E-state index >= 15 is 0 Å². The summed E-state index contributed by atoms with van der Waals surface area (Å²) in [5.41, 5.74) is 5.25. The van der Waals surface area contributed by atoms with Gasteiger partial charge in [-0.15, -0.1) is 0 Å². The molecule has 0 bridgehead atoms. The van der Waals surface area contributed by atoms with Crippen LogP contribution in [0.3, 0.4) is 0 Å². The van der Waals surface area contributed by atoms with Gasteiger partial charge in [0.05, 0.1) is 13.2 Å². The molecule has 1 aliphatic rings. The molecule has 0 spiro atoms. The fourth-order valence-electron chi connectivity index (χ4n) is 5.17. The third kappa shape index (κ3) is 6.99. The zero-order chi connectivity index (χ0) is 25.9. The van der Waals surface area contributed by atoms with Gasteiger partial charge in [-0.1, -0.05) is 109 Å². The topological polar surface area (TPSA) is 52.6 Å². The van der Waals surface area contributed by atoms with Crippen LogP contribution < -0.4 is 0 Å². The molecule has 0 aliphatic heterocycles. The van der Waals surface area contributed by atoms with Gasteiger partial charge in [-0.2, -0.15) is 0 Å². The van der Waals surface area contributed by atoms with Crippen LogP contribution in [0.15, 0.2) is 42.5 Å². The quantitative estimate of drug-likeness (QED) is 0.160. The van der Waals surface area contributed by atoms with Crippen LogP contribution in [-0.4, -0.2) is 25.2 Å². The van der Waals surface area contributed by atoms with E-state index in [1.165, 1.54) is 11.1 Å². The predicted octanol–water partition coefficient (Wildman–Crippen LogP) is 7.86. The van der Waals surface area contributed by atoms with E-state index in [1.807, 2.05) is 24.3 Å². The molecular weight excluding hydrogens is 448 g/mol. The third-order valence-corrected chi connectivity index (χ3v) is 7.68. The van der Waals surface area contributed by atoms with E-state index in [0.29, 0.717) is 31.5 Å². The number of carbonyl (C=O) groups is 2. The number of fused-ring (bicyclic) bond motifs is 3. The molecule has 196 valence electrons. The Morgan fingerprint density at radius 2 is 1.31 bits per heavy atom. The number of benzene rings is 2. The predicted molar refractivity (Wildman–Crippen MR) is 146 cm³/mol. The van der Waals surface area contributed by atoms with Gasteiger partial charge in [0, 0.05) is 0 Å². The van der Waals surface area contributed by atoms with Crippen LogP contribution in [0.1, 0.15) is 102 Å². The molecule has 0 fully saturated rings. The van der Waals surface area contributed by atoms with Gasteiger partial charge >= 0.3 is 11.9 Å². The number of carbonyl (C=O) groups excluding carboxylic acids is 2. The molecule has 0 saturated heterocycles. The number of unbranched alkanes of at least 4 members (excludes halogenated alkanes) is 2. The van der Waals surface area contributed by atoms with Crippen molar-refractivity contribution in [1.29, 1.82) is 0 Å². The summed E-state index contributed by atoms with van der Waals surface area (Å²) in [5.74, 6) is -1.40. The molecule has 0 N–H and O–H groups in total. The normalized spacial score (nSPS) is 14.4. The number of hydrogen-bond donors (Lipinski definition) is 0. The molecule has 2 atom stereocenters. The first kappa shape index (κ1) is 28.0. The maximum atomic E-state index is 13.5. The van der Waals surface area contributed by atoms with E-state index in [4.69, 9.17) is 9.47 Å². The molecule has 0 aromatic heterocycles. The molecule has 2 unspecified atom stereocenters. The van der Waals surface area contributed by atoms with Crippen molar-refractivity contribution in [2.45, 2.75) is 91.4 Å². The molecule has 2 aromatic carbocycles. The minimum Gasteiger partial charge on any atom is -0.465 e. The fourth-order valence-corrected chi connectivity index (χ4v) is 5.17. The highest BCUT2D eigenvalue weighted by Crippen LogP contribution is 2.40. The fraction of sp³-hybridized carbons (Fsp3) is 0.562. The molecule has 0 heterocycles. The first-order valence-corrected chi connectivity index (χ1v) is 14.1. The standard InChI is InChI=1S/C32H44O4/c1-5-9-14-23(7-3)21-35-31(33)30(32(34)36-22-24(8-4)15-10-6-2)28-19-13-18-27-26-17-12-11-16-25(26)20-29(27)28/h11-13,16-19,23-24,30H,5-10,14-15,20-22H2,1-4H3. The molecule has 4 heteroatoms. The van der Waals surface area contributed by atoms with Gasteiger partial charge in [0.1, 0.15) is 0 Å². The minimum atomic E-state index is -1.05. The Morgan fingerprint density at radius 3 is 1.86 bits per heavy atom. The van der Waals surface area contributed by atoms with Crippen molar-refractivity contribution in [1.82, 2.24) is 0 Å². The average molecular weight is 493 g/mol. The molecule has 0 amide bonds. The van der Waals surface area contributed by atoms with Crippen molar-refractivity contribution < 1.29 is 19.1 Å². The molecule has 3 rings (SSSR count). The van der Waals surface area contributed by atoms with E-state index in [-0.39, 0.29) is 0 Å². The lowest BCUT2D eigenvalue weighted by Gasteiger charge is -2.22. The summed E-state index contributed by atoms with van der Waals surface area (Å²) in [6, 6.07) is 14.2. The second kappa shape index (κ2) is 14.2. The Morgan fingerprint density at radius 1 is 0.750 bits per heavy atom. The Hall–Kier alpha value is -2.62. The molecular formula is C32H44O4. The second-order valence-corrected chi connectivity index (χ2v) is 10.2. The van der Waals surface area contributed by atoms with Crippen LogP contribution in [0.5, 0.6) is 0 Å². The largest absolute Gasteiger partial charge is 0.465 e. The summed E-state index contributed by atoms with van der Waals surface area (Å²) in [7, 11) is 0.